The van der Waals surface area contributed by atoms with E-state index < -0.39 is 53.5 Å². The summed E-state index contributed by atoms with van der Waals surface area (Å²) in [4.78, 5) is -0.516. The standard InChI is InChI=1S/C39H34O7P2S2/c1-39(2)33-23-31(49(40,41)42)25-35(47(27-15-7-3-8-16-27)28-17-9-4-10-18-28)37(33)46-38-34(39)24-32(50(43,44)45)26-36(38)48(29-19-11-5-12-20-29)30-21-13-6-14-22-30/h3-26,33,37H,1-2H3,(H,40,41,42)(H,43,44,45). The maximum absolute atomic E-state index is 12.9. The molecule has 0 saturated carbocycles. The predicted octanol–water partition coefficient (Wildman–Crippen LogP) is 6.15. The molecular formula is C39H34O7P2S2. The van der Waals surface area contributed by atoms with Crippen molar-refractivity contribution < 1.29 is 30.7 Å². The fourth-order valence-corrected chi connectivity index (χ4v) is 13.1. The number of hydrogen-bond donors (Lipinski definition) is 2. The third-order valence-corrected chi connectivity index (χ3v) is 15.9. The summed E-state index contributed by atoms with van der Waals surface area (Å²) in [6, 6.07) is 42.2. The van der Waals surface area contributed by atoms with Crippen molar-refractivity contribution >= 4 is 62.6 Å². The highest BCUT2D eigenvalue weighted by atomic mass is 32.2. The van der Waals surface area contributed by atoms with Crippen molar-refractivity contribution in [3.8, 4) is 5.75 Å². The minimum Gasteiger partial charge on any atom is -0.484 e. The van der Waals surface area contributed by atoms with Crippen LogP contribution in [0, 0.1) is 5.92 Å². The van der Waals surface area contributed by atoms with E-state index in [1.807, 2.05) is 135 Å². The second-order valence-electron chi connectivity index (χ2n) is 12.7. The lowest BCUT2D eigenvalue weighted by atomic mass is 9.67. The quantitative estimate of drug-likeness (QED) is 0.145. The number of benzene rings is 5. The van der Waals surface area contributed by atoms with Gasteiger partial charge < -0.3 is 4.74 Å². The van der Waals surface area contributed by atoms with Crippen LogP contribution >= 0.6 is 15.8 Å². The Hall–Kier alpha value is -3.94. The number of ether oxygens (including phenoxy) is 1. The average molecular weight is 741 g/mol. The van der Waals surface area contributed by atoms with Crippen LogP contribution in [0.25, 0.3) is 0 Å². The van der Waals surface area contributed by atoms with Gasteiger partial charge in [0.1, 0.15) is 11.9 Å². The highest BCUT2D eigenvalue weighted by Gasteiger charge is 2.50. The average Bonchev–Trinajstić information content (AvgIpc) is 3.10. The van der Waals surface area contributed by atoms with Crippen molar-refractivity contribution in [1.29, 1.82) is 0 Å². The number of hydrogen-bond acceptors (Lipinski definition) is 5. The zero-order valence-electron chi connectivity index (χ0n) is 27.2. The van der Waals surface area contributed by atoms with E-state index in [-0.39, 0.29) is 9.80 Å². The lowest BCUT2D eigenvalue weighted by Crippen LogP contribution is -2.48. The van der Waals surface area contributed by atoms with Crippen molar-refractivity contribution in [3.63, 3.8) is 0 Å². The minimum absolute atomic E-state index is 0.241. The molecule has 7 nitrogen and oxygen atoms in total. The first-order valence-corrected chi connectivity index (χ1v) is 21.4. The van der Waals surface area contributed by atoms with Crippen LogP contribution in [-0.2, 0) is 25.7 Å². The van der Waals surface area contributed by atoms with E-state index in [1.54, 1.807) is 6.08 Å². The molecule has 0 spiro atoms. The van der Waals surface area contributed by atoms with Crippen LogP contribution in [0.3, 0.4) is 0 Å². The molecule has 0 fully saturated rings. The first-order chi connectivity index (χ1) is 23.8. The Balaban J connectivity index is 1.53. The molecule has 2 unspecified atom stereocenters. The molecule has 11 heteroatoms. The third kappa shape index (κ3) is 6.51. The molecule has 0 saturated heterocycles. The number of allylic oxidation sites excluding steroid dienone is 1. The van der Waals surface area contributed by atoms with Crippen LogP contribution in [0.15, 0.2) is 161 Å². The van der Waals surface area contributed by atoms with Gasteiger partial charge in [-0.05, 0) is 55.3 Å². The Bertz CT molecular complexity index is 2250. The number of rotatable bonds is 8. The van der Waals surface area contributed by atoms with Crippen LogP contribution in [0.2, 0.25) is 0 Å². The van der Waals surface area contributed by atoms with Gasteiger partial charge in [-0.3, -0.25) is 9.11 Å². The molecule has 0 amide bonds. The van der Waals surface area contributed by atoms with Crippen LogP contribution in [0.4, 0.5) is 0 Å². The Morgan fingerprint density at radius 3 is 1.48 bits per heavy atom. The summed E-state index contributed by atoms with van der Waals surface area (Å²) in [7, 11) is -12.1. The van der Waals surface area contributed by atoms with Gasteiger partial charge in [-0.1, -0.05) is 141 Å². The second kappa shape index (κ2) is 13.3. The molecule has 2 N–H and O–H groups in total. The molecule has 5 aromatic carbocycles. The molecule has 50 heavy (non-hydrogen) atoms. The van der Waals surface area contributed by atoms with E-state index in [1.165, 1.54) is 18.2 Å². The highest BCUT2D eigenvalue weighted by Crippen LogP contribution is 2.57. The van der Waals surface area contributed by atoms with Gasteiger partial charge in [0.2, 0.25) is 0 Å². The molecule has 5 aromatic rings. The smallest absolute Gasteiger partial charge is 0.294 e. The molecule has 0 aromatic heterocycles. The zero-order chi connectivity index (χ0) is 35.3. The summed E-state index contributed by atoms with van der Waals surface area (Å²) < 4.78 is 79.7. The van der Waals surface area contributed by atoms with E-state index >= 15 is 0 Å². The van der Waals surface area contributed by atoms with E-state index in [0.717, 1.165) is 21.2 Å². The van der Waals surface area contributed by atoms with Gasteiger partial charge in [0.05, 0.1) is 9.80 Å². The fourth-order valence-electron chi connectivity index (χ4n) is 6.79. The normalized spacial score (nSPS) is 18.4. The van der Waals surface area contributed by atoms with Gasteiger partial charge >= 0.3 is 0 Å². The summed E-state index contributed by atoms with van der Waals surface area (Å²) in [5, 5.41) is 5.17. The van der Waals surface area contributed by atoms with Crippen LogP contribution in [0.1, 0.15) is 19.4 Å². The van der Waals surface area contributed by atoms with Gasteiger partial charge in [-0.25, -0.2) is 0 Å². The van der Waals surface area contributed by atoms with E-state index in [0.29, 0.717) is 21.9 Å². The highest BCUT2D eigenvalue weighted by molar-refractivity contribution is 7.90. The molecule has 2 aliphatic rings. The molecular weight excluding hydrogens is 707 g/mol. The van der Waals surface area contributed by atoms with Gasteiger partial charge in [0.25, 0.3) is 20.2 Å². The van der Waals surface area contributed by atoms with Crippen molar-refractivity contribution in [2.75, 3.05) is 0 Å². The van der Waals surface area contributed by atoms with Crippen LogP contribution in [0.5, 0.6) is 5.75 Å². The largest absolute Gasteiger partial charge is 0.484 e. The first kappa shape index (κ1) is 34.5. The van der Waals surface area contributed by atoms with Crippen molar-refractivity contribution in [3.05, 3.63) is 161 Å². The maximum atomic E-state index is 12.9. The first-order valence-electron chi connectivity index (χ1n) is 15.9. The molecule has 0 radical (unpaired) electrons. The van der Waals surface area contributed by atoms with E-state index in [2.05, 4.69) is 0 Å². The molecule has 2 atom stereocenters. The zero-order valence-corrected chi connectivity index (χ0v) is 30.6. The molecule has 254 valence electrons. The van der Waals surface area contributed by atoms with E-state index in [4.69, 9.17) is 4.74 Å². The van der Waals surface area contributed by atoms with Gasteiger partial charge in [0.15, 0.2) is 0 Å². The summed E-state index contributed by atoms with van der Waals surface area (Å²) in [5.74, 6) is -0.151. The maximum Gasteiger partial charge on any atom is 0.294 e. The Morgan fingerprint density at radius 1 is 0.620 bits per heavy atom. The minimum atomic E-state index is -4.67. The molecule has 1 aliphatic carbocycles. The summed E-state index contributed by atoms with van der Waals surface area (Å²) >= 11 is 0. The SMILES string of the molecule is CC1(C)c2cc(S(=O)(=O)O)cc(P(c3ccccc3)c3ccccc3)c2OC2C(P(c3ccccc3)c3ccccc3)=CC(S(=O)(=O)O)=CC21. The van der Waals surface area contributed by atoms with Crippen molar-refractivity contribution in [2.45, 2.75) is 30.3 Å². The lowest BCUT2D eigenvalue weighted by molar-refractivity contribution is 0.120. The second-order valence-corrected chi connectivity index (χ2v) is 20.0. The van der Waals surface area contributed by atoms with Gasteiger partial charge in [-0.15, -0.1) is 0 Å². The third-order valence-electron chi connectivity index (χ3n) is 9.22. The fraction of sp³-hybridized carbons (Fsp3) is 0.128. The number of fused-ring (bicyclic) bond motifs is 2. The van der Waals surface area contributed by atoms with Crippen molar-refractivity contribution in [1.82, 2.24) is 0 Å². The Morgan fingerprint density at radius 2 is 1.06 bits per heavy atom. The summed E-state index contributed by atoms with van der Waals surface area (Å²) in [6.45, 7) is 3.84. The molecule has 1 aliphatic heterocycles. The summed E-state index contributed by atoms with van der Waals surface area (Å²) in [5.41, 5.74) is -0.425. The van der Waals surface area contributed by atoms with E-state index in [9.17, 15) is 25.9 Å². The summed E-state index contributed by atoms with van der Waals surface area (Å²) in [6.07, 6.45) is 2.38. The molecule has 0 bridgehead atoms. The Kier molecular flexibility index (Phi) is 9.19. The predicted molar refractivity (Wildman–Crippen MR) is 203 cm³/mol. The Labute approximate surface area is 295 Å². The molecule has 7 rings (SSSR count). The van der Waals surface area contributed by atoms with Crippen molar-refractivity contribution in [2.24, 2.45) is 5.92 Å². The monoisotopic (exact) mass is 740 g/mol. The topological polar surface area (TPSA) is 118 Å². The van der Waals surface area contributed by atoms with Gasteiger partial charge in [-0.2, -0.15) is 16.8 Å². The van der Waals surface area contributed by atoms with Gasteiger partial charge in [0, 0.05) is 27.5 Å². The molecule has 1 heterocycles. The van der Waals surface area contributed by atoms with Crippen LogP contribution < -0.4 is 31.3 Å². The van der Waals surface area contributed by atoms with Crippen LogP contribution in [-0.4, -0.2) is 32.0 Å². The lowest BCUT2D eigenvalue weighted by Gasteiger charge is -2.48.